The standard InChI is InChI=1S/C20H25NO4/c1-14(2)17-7-5-15(3)11-19(17)25-10-9-24-18-8-6-16(13-21-22)12-20(18)23-4/h5-8,11-14,22H,9-10H2,1-4H3. The van der Waals surface area contributed by atoms with Crippen molar-refractivity contribution in [1.82, 2.24) is 0 Å². The molecule has 0 spiro atoms. The molecule has 2 aromatic rings. The highest BCUT2D eigenvalue weighted by Crippen LogP contribution is 2.29. The second-order valence-electron chi connectivity index (χ2n) is 6.05. The van der Waals surface area contributed by atoms with Crippen LogP contribution < -0.4 is 14.2 Å². The Balaban J connectivity index is 1.97. The molecule has 0 heterocycles. The Hall–Kier alpha value is -2.69. The number of hydrogen-bond donors (Lipinski definition) is 1. The van der Waals surface area contributed by atoms with E-state index in [4.69, 9.17) is 19.4 Å². The van der Waals surface area contributed by atoms with E-state index in [9.17, 15) is 0 Å². The van der Waals surface area contributed by atoms with Gasteiger partial charge < -0.3 is 19.4 Å². The van der Waals surface area contributed by atoms with Crippen molar-refractivity contribution in [2.75, 3.05) is 20.3 Å². The Morgan fingerprint density at radius 3 is 2.36 bits per heavy atom. The fraction of sp³-hybridized carbons (Fsp3) is 0.350. The number of benzene rings is 2. The zero-order chi connectivity index (χ0) is 18.2. The van der Waals surface area contributed by atoms with Crippen LogP contribution in [0.1, 0.15) is 36.5 Å². The first kappa shape index (κ1) is 18.6. The normalized spacial score (nSPS) is 11.1. The van der Waals surface area contributed by atoms with Crippen molar-refractivity contribution in [2.45, 2.75) is 26.7 Å². The lowest BCUT2D eigenvalue weighted by atomic mass is 10.0. The average molecular weight is 343 g/mol. The molecule has 0 aliphatic carbocycles. The van der Waals surface area contributed by atoms with Gasteiger partial charge in [0.25, 0.3) is 0 Å². The van der Waals surface area contributed by atoms with Crippen molar-refractivity contribution >= 4 is 6.21 Å². The average Bonchev–Trinajstić information content (AvgIpc) is 2.59. The van der Waals surface area contributed by atoms with Gasteiger partial charge in [-0.2, -0.15) is 0 Å². The summed E-state index contributed by atoms with van der Waals surface area (Å²) in [5.41, 5.74) is 3.09. The minimum absolute atomic E-state index is 0.398. The third kappa shape index (κ3) is 5.14. The Bertz CT molecular complexity index is 726. The summed E-state index contributed by atoms with van der Waals surface area (Å²) in [5, 5.41) is 11.6. The molecule has 5 nitrogen and oxygen atoms in total. The fourth-order valence-corrected chi connectivity index (χ4v) is 2.50. The first-order valence-electron chi connectivity index (χ1n) is 8.26. The van der Waals surface area contributed by atoms with Crippen molar-refractivity contribution in [3.8, 4) is 17.2 Å². The number of ether oxygens (including phenoxy) is 3. The first-order chi connectivity index (χ1) is 12.0. The lowest BCUT2D eigenvalue weighted by Crippen LogP contribution is -2.11. The topological polar surface area (TPSA) is 60.3 Å². The van der Waals surface area contributed by atoms with Crippen LogP contribution in [0.2, 0.25) is 0 Å². The summed E-state index contributed by atoms with van der Waals surface area (Å²) in [6, 6.07) is 11.6. The molecule has 2 aromatic carbocycles. The van der Waals surface area contributed by atoms with Gasteiger partial charge in [0, 0.05) is 5.56 Å². The molecule has 0 aliphatic heterocycles. The Morgan fingerprint density at radius 1 is 1.00 bits per heavy atom. The highest BCUT2D eigenvalue weighted by atomic mass is 16.5. The van der Waals surface area contributed by atoms with E-state index < -0.39 is 0 Å². The van der Waals surface area contributed by atoms with Gasteiger partial charge in [0.2, 0.25) is 0 Å². The van der Waals surface area contributed by atoms with Crippen LogP contribution >= 0.6 is 0 Å². The predicted octanol–water partition coefficient (Wildman–Crippen LogP) is 4.39. The SMILES string of the molecule is COc1cc(C=NO)ccc1OCCOc1cc(C)ccc1C(C)C. The maximum absolute atomic E-state index is 8.60. The summed E-state index contributed by atoms with van der Waals surface area (Å²) in [7, 11) is 1.57. The largest absolute Gasteiger partial charge is 0.493 e. The van der Waals surface area contributed by atoms with Gasteiger partial charge in [-0.25, -0.2) is 0 Å². The number of methoxy groups -OCH3 is 1. The minimum atomic E-state index is 0.398. The van der Waals surface area contributed by atoms with Crippen molar-refractivity contribution in [1.29, 1.82) is 0 Å². The van der Waals surface area contributed by atoms with E-state index in [1.54, 1.807) is 25.3 Å². The third-order valence-corrected chi connectivity index (χ3v) is 3.78. The van der Waals surface area contributed by atoms with Crippen LogP contribution in [0, 0.1) is 6.92 Å². The van der Waals surface area contributed by atoms with Crippen LogP contribution in [0.15, 0.2) is 41.6 Å². The number of oxime groups is 1. The second kappa shape index (κ2) is 8.97. The van der Waals surface area contributed by atoms with Gasteiger partial charge in [-0.05, 0) is 48.2 Å². The van der Waals surface area contributed by atoms with Crippen LogP contribution in [0.5, 0.6) is 17.2 Å². The van der Waals surface area contributed by atoms with Crippen LogP contribution in [0.3, 0.4) is 0 Å². The lowest BCUT2D eigenvalue weighted by Gasteiger charge is -2.16. The summed E-state index contributed by atoms with van der Waals surface area (Å²) in [4.78, 5) is 0. The van der Waals surface area contributed by atoms with Crippen LogP contribution in [0.25, 0.3) is 0 Å². The molecule has 0 aromatic heterocycles. The monoisotopic (exact) mass is 343 g/mol. The molecule has 134 valence electrons. The first-order valence-corrected chi connectivity index (χ1v) is 8.26. The summed E-state index contributed by atoms with van der Waals surface area (Å²) < 4.78 is 17.0. The molecule has 0 aliphatic rings. The van der Waals surface area contributed by atoms with Crippen LogP contribution in [0.4, 0.5) is 0 Å². The van der Waals surface area contributed by atoms with E-state index in [1.165, 1.54) is 17.3 Å². The number of hydrogen-bond acceptors (Lipinski definition) is 5. The van der Waals surface area contributed by atoms with Gasteiger partial charge in [-0.15, -0.1) is 0 Å². The van der Waals surface area contributed by atoms with Crippen molar-refractivity contribution in [3.63, 3.8) is 0 Å². The molecule has 0 atom stereocenters. The van der Waals surface area contributed by atoms with Crippen molar-refractivity contribution in [3.05, 3.63) is 53.1 Å². The zero-order valence-corrected chi connectivity index (χ0v) is 15.2. The van der Waals surface area contributed by atoms with Crippen LogP contribution in [-0.4, -0.2) is 31.7 Å². The second-order valence-corrected chi connectivity index (χ2v) is 6.05. The maximum Gasteiger partial charge on any atom is 0.161 e. The van der Waals surface area contributed by atoms with Gasteiger partial charge in [-0.3, -0.25) is 0 Å². The number of nitrogens with zero attached hydrogens (tertiary/aromatic N) is 1. The molecular formula is C20H25NO4. The summed E-state index contributed by atoms with van der Waals surface area (Å²) in [5.74, 6) is 2.50. The number of rotatable bonds is 8. The van der Waals surface area contributed by atoms with E-state index in [0.29, 0.717) is 30.6 Å². The lowest BCUT2D eigenvalue weighted by molar-refractivity contribution is 0.210. The minimum Gasteiger partial charge on any atom is -0.493 e. The van der Waals surface area contributed by atoms with Gasteiger partial charge in [0.05, 0.1) is 13.3 Å². The number of aryl methyl sites for hydroxylation is 1. The Morgan fingerprint density at radius 2 is 1.72 bits per heavy atom. The smallest absolute Gasteiger partial charge is 0.161 e. The summed E-state index contributed by atoms with van der Waals surface area (Å²) >= 11 is 0. The highest BCUT2D eigenvalue weighted by molar-refractivity contribution is 5.80. The molecule has 0 fully saturated rings. The van der Waals surface area contributed by atoms with Gasteiger partial charge in [-0.1, -0.05) is 31.1 Å². The summed E-state index contributed by atoms with van der Waals surface area (Å²) in [6.07, 6.45) is 1.33. The zero-order valence-electron chi connectivity index (χ0n) is 15.2. The van der Waals surface area contributed by atoms with E-state index in [1.807, 2.05) is 0 Å². The molecular weight excluding hydrogens is 318 g/mol. The van der Waals surface area contributed by atoms with E-state index in [-0.39, 0.29) is 0 Å². The summed E-state index contributed by atoms with van der Waals surface area (Å²) in [6.45, 7) is 7.18. The molecule has 0 saturated carbocycles. The van der Waals surface area contributed by atoms with E-state index in [2.05, 4.69) is 44.1 Å². The predicted molar refractivity (Wildman–Crippen MR) is 98.6 cm³/mol. The molecule has 0 amide bonds. The van der Waals surface area contributed by atoms with E-state index in [0.717, 1.165) is 11.3 Å². The van der Waals surface area contributed by atoms with Gasteiger partial charge in [0.1, 0.15) is 19.0 Å². The molecule has 5 heteroatoms. The third-order valence-electron chi connectivity index (χ3n) is 3.78. The van der Waals surface area contributed by atoms with Crippen LogP contribution in [-0.2, 0) is 0 Å². The molecule has 0 unspecified atom stereocenters. The molecule has 25 heavy (non-hydrogen) atoms. The van der Waals surface area contributed by atoms with Gasteiger partial charge in [0.15, 0.2) is 11.5 Å². The molecule has 2 rings (SSSR count). The molecule has 0 bridgehead atoms. The Kier molecular flexibility index (Phi) is 6.69. The van der Waals surface area contributed by atoms with Gasteiger partial charge >= 0.3 is 0 Å². The molecule has 1 N–H and O–H groups in total. The quantitative estimate of drug-likeness (QED) is 0.334. The van der Waals surface area contributed by atoms with Crippen molar-refractivity contribution < 1.29 is 19.4 Å². The van der Waals surface area contributed by atoms with Crippen molar-refractivity contribution in [2.24, 2.45) is 5.16 Å². The Labute approximate surface area is 148 Å². The maximum atomic E-state index is 8.60. The molecule has 0 radical (unpaired) electrons. The highest BCUT2D eigenvalue weighted by Gasteiger charge is 2.09. The fourth-order valence-electron chi connectivity index (χ4n) is 2.50. The molecule has 0 saturated heterocycles. The van der Waals surface area contributed by atoms with E-state index >= 15 is 0 Å².